The molecule has 1 aromatic rings. The summed E-state index contributed by atoms with van der Waals surface area (Å²) in [5.41, 5.74) is 0. The summed E-state index contributed by atoms with van der Waals surface area (Å²) in [5, 5.41) is 0. The number of carbonyl (C=O) groups excluding carboxylic acids is 1. The van der Waals surface area contributed by atoms with Crippen molar-refractivity contribution in [2.24, 2.45) is 0 Å². The van der Waals surface area contributed by atoms with E-state index in [1.807, 2.05) is 23.9 Å². The minimum atomic E-state index is 0.294. The van der Waals surface area contributed by atoms with Gasteiger partial charge in [0.05, 0.1) is 0 Å². The summed E-state index contributed by atoms with van der Waals surface area (Å²) in [4.78, 5) is 12.0. The second-order valence-corrected chi connectivity index (χ2v) is 5.55. The Balaban J connectivity index is 2.17. The van der Waals surface area contributed by atoms with Crippen LogP contribution in [-0.2, 0) is 4.79 Å². The maximum absolute atomic E-state index is 10.7. The molecular weight excluding hydrogens is 272 g/mol. The highest BCUT2D eigenvalue weighted by Crippen LogP contribution is 2.22. The van der Waals surface area contributed by atoms with Crippen molar-refractivity contribution in [3.05, 3.63) is 28.7 Å². The van der Waals surface area contributed by atoms with Gasteiger partial charge in [0.1, 0.15) is 5.78 Å². The molecular formula is C12H15BrOS. The number of halogens is 1. The van der Waals surface area contributed by atoms with Crippen molar-refractivity contribution in [2.75, 3.05) is 5.75 Å². The first-order valence-corrected chi connectivity index (χ1v) is 6.84. The average molecular weight is 287 g/mol. The first kappa shape index (κ1) is 12.8. The zero-order valence-corrected chi connectivity index (χ0v) is 11.2. The number of carbonyl (C=O) groups is 1. The first-order chi connectivity index (χ1) is 7.18. The predicted octanol–water partition coefficient (Wildman–Crippen LogP) is 4.30. The van der Waals surface area contributed by atoms with Crippen LogP contribution in [-0.4, -0.2) is 11.5 Å². The van der Waals surface area contributed by atoms with Crippen LogP contribution in [0.15, 0.2) is 33.6 Å². The van der Waals surface area contributed by atoms with Gasteiger partial charge in [-0.3, -0.25) is 0 Å². The standard InChI is InChI=1S/C12H15BrOS/c1-10(14)5-2-3-8-15-12-7-4-6-11(13)9-12/h4,6-7,9H,2-3,5,8H2,1H3. The van der Waals surface area contributed by atoms with Crippen LogP contribution in [0.1, 0.15) is 26.2 Å². The van der Waals surface area contributed by atoms with Crippen LogP contribution in [0.4, 0.5) is 0 Å². The van der Waals surface area contributed by atoms with E-state index in [0.29, 0.717) is 5.78 Å². The molecule has 0 saturated heterocycles. The second kappa shape index (κ2) is 7.07. The lowest BCUT2D eigenvalue weighted by Crippen LogP contribution is -1.90. The molecule has 0 unspecified atom stereocenters. The molecule has 0 aliphatic rings. The molecule has 0 spiro atoms. The van der Waals surface area contributed by atoms with E-state index < -0.39 is 0 Å². The molecule has 3 heteroatoms. The van der Waals surface area contributed by atoms with Gasteiger partial charge in [-0.2, -0.15) is 0 Å². The Kier molecular flexibility index (Phi) is 6.03. The van der Waals surface area contributed by atoms with Crippen molar-refractivity contribution >= 4 is 33.5 Å². The van der Waals surface area contributed by atoms with Crippen molar-refractivity contribution in [1.82, 2.24) is 0 Å². The zero-order chi connectivity index (χ0) is 11.1. The van der Waals surface area contributed by atoms with Crippen molar-refractivity contribution in [1.29, 1.82) is 0 Å². The number of benzene rings is 1. The summed E-state index contributed by atoms with van der Waals surface area (Å²) in [6.07, 6.45) is 2.84. The van der Waals surface area contributed by atoms with Gasteiger partial charge < -0.3 is 4.79 Å². The lowest BCUT2D eigenvalue weighted by atomic mass is 10.2. The number of Topliss-reactive ketones (excluding diaryl/α,β-unsaturated/α-hetero) is 1. The fourth-order valence-electron chi connectivity index (χ4n) is 1.22. The smallest absolute Gasteiger partial charge is 0.129 e. The topological polar surface area (TPSA) is 17.1 Å². The Hall–Kier alpha value is -0.280. The van der Waals surface area contributed by atoms with Crippen molar-refractivity contribution in [3.8, 4) is 0 Å². The van der Waals surface area contributed by atoms with Gasteiger partial charge in [-0.05, 0) is 43.7 Å². The molecule has 15 heavy (non-hydrogen) atoms. The van der Waals surface area contributed by atoms with Gasteiger partial charge in [0.25, 0.3) is 0 Å². The molecule has 0 aliphatic heterocycles. The van der Waals surface area contributed by atoms with Crippen LogP contribution < -0.4 is 0 Å². The maximum Gasteiger partial charge on any atom is 0.129 e. The molecule has 1 nitrogen and oxygen atoms in total. The van der Waals surface area contributed by atoms with Gasteiger partial charge >= 0.3 is 0 Å². The molecule has 0 atom stereocenters. The molecule has 82 valence electrons. The zero-order valence-electron chi connectivity index (χ0n) is 8.83. The quantitative estimate of drug-likeness (QED) is 0.573. The van der Waals surface area contributed by atoms with Crippen LogP contribution in [0.2, 0.25) is 0 Å². The molecule has 0 aromatic heterocycles. The normalized spacial score (nSPS) is 10.3. The summed E-state index contributed by atoms with van der Waals surface area (Å²) >= 11 is 5.29. The van der Waals surface area contributed by atoms with Gasteiger partial charge in [0.2, 0.25) is 0 Å². The fraction of sp³-hybridized carbons (Fsp3) is 0.417. The van der Waals surface area contributed by atoms with Crippen LogP contribution in [0.5, 0.6) is 0 Å². The first-order valence-electron chi connectivity index (χ1n) is 5.06. The third kappa shape index (κ3) is 6.00. The Morgan fingerprint density at radius 3 is 2.87 bits per heavy atom. The van der Waals surface area contributed by atoms with Gasteiger partial charge in [-0.15, -0.1) is 11.8 Å². The van der Waals surface area contributed by atoms with Crippen LogP contribution in [0, 0.1) is 0 Å². The fourth-order valence-corrected chi connectivity index (χ4v) is 2.74. The van der Waals surface area contributed by atoms with Gasteiger partial charge in [-0.1, -0.05) is 22.0 Å². The number of hydrogen-bond acceptors (Lipinski definition) is 2. The molecule has 0 heterocycles. The van der Waals surface area contributed by atoms with Crippen LogP contribution >= 0.6 is 27.7 Å². The molecule has 0 radical (unpaired) electrons. The van der Waals surface area contributed by atoms with E-state index in [9.17, 15) is 4.79 Å². The SMILES string of the molecule is CC(=O)CCCCSc1cccc(Br)c1. The number of hydrogen-bond donors (Lipinski definition) is 0. The van der Waals surface area contributed by atoms with Crippen molar-refractivity contribution in [3.63, 3.8) is 0 Å². The summed E-state index contributed by atoms with van der Waals surface area (Å²) in [5.74, 6) is 1.38. The Morgan fingerprint density at radius 1 is 1.40 bits per heavy atom. The monoisotopic (exact) mass is 286 g/mol. The predicted molar refractivity (Wildman–Crippen MR) is 69.4 cm³/mol. The van der Waals surface area contributed by atoms with E-state index in [2.05, 4.69) is 28.1 Å². The van der Waals surface area contributed by atoms with E-state index in [1.165, 1.54) is 4.90 Å². The van der Waals surface area contributed by atoms with Crippen LogP contribution in [0.25, 0.3) is 0 Å². The van der Waals surface area contributed by atoms with E-state index in [4.69, 9.17) is 0 Å². The van der Waals surface area contributed by atoms with Crippen molar-refractivity contribution < 1.29 is 4.79 Å². The Morgan fingerprint density at radius 2 is 2.20 bits per heavy atom. The second-order valence-electron chi connectivity index (χ2n) is 3.46. The summed E-state index contributed by atoms with van der Waals surface area (Å²) in [6, 6.07) is 8.30. The molecule has 0 saturated carbocycles. The van der Waals surface area contributed by atoms with E-state index in [1.54, 1.807) is 6.92 Å². The van der Waals surface area contributed by atoms with Gasteiger partial charge in [0, 0.05) is 15.8 Å². The third-order valence-electron chi connectivity index (χ3n) is 1.99. The Labute approximate surface area is 104 Å². The summed E-state index contributed by atoms with van der Waals surface area (Å²) < 4.78 is 1.12. The Bertz CT molecular complexity index is 325. The summed E-state index contributed by atoms with van der Waals surface area (Å²) in [7, 11) is 0. The largest absolute Gasteiger partial charge is 0.300 e. The third-order valence-corrected chi connectivity index (χ3v) is 3.56. The molecule has 0 amide bonds. The summed E-state index contributed by atoms with van der Waals surface area (Å²) in [6.45, 7) is 1.65. The van der Waals surface area contributed by atoms with Crippen LogP contribution in [0.3, 0.4) is 0 Å². The van der Waals surface area contributed by atoms with Gasteiger partial charge in [-0.25, -0.2) is 0 Å². The van der Waals surface area contributed by atoms with Gasteiger partial charge in [0.15, 0.2) is 0 Å². The van der Waals surface area contributed by atoms with E-state index in [0.717, 1.165) is 29.5 Å². The van der Waals surface area contributed by atoms with E-state index in [-0.39, 0.29) is 0 Å². The van der Waals surface area contributed by atoms with E-state index >= 15 is 0 Å². The lowest BCUT2D eigenvalue weighted by molar-refractivity contribution is -0.117. The number of ketones is 1. The molecule has 1 aromatic carbocycles. The number of thioether (sulfide) groups is 1. The maximum atomic E-state index is 10.7. The minimum absolute atomic E-state index is 0.294. The number of unbranched alkanes of at least 4 members (excludes halogenated alkanes) is 1. The van der Waals surface area contributed by atoms with Crippen molar-refractivity contribution in [2.45, 2.75) is 31.1 Å². The lowest BCUT2D eigenvalue weighted by Gasteiger charge is -2.01. The highest BCUT2D eigenvalue weighted by atomic mass is 79.9. The molecule has 0 N–H and O–H groups in total. The average Bonchev–Trinajstić information content (AvgIpc) is 2.17. The highest BCUT2D eigenvalue weighted by Gasteiger charge is 1.96. The number of rotatable bonds is 6. The molecule has 0 aliphatic carbocycles. The molecule has 0 bridgehead atoms. The highest BCUT2D eigenvalue weighted by molar-refractivity contribution is 9.10. The minimum Gasteiger partial charge on any atom is -0.300 e. The molecule has 1 rings (SSSR count). The molecule has 0 fully saturated rings.